The molecule has 8 heteroatoms. The van der Waals surface area contributed by atoms with Crippen LogP contribution in [0.5, 0.6) is 0 Å². The number of amides is 1. The van der Waals surface area contributed by atoms with Gasteiger partial charge in [-0.1, -0.05) is 43.2 Å². The standard InChI is InChI=1S/C26H38N2O5.ClH/c1-3-33-26(32)22(16-15-19-9-5-4-6-10-19)27-18(2)25(31)28(17-23(29)30)24-20-11-7-12-21(24)14-8-13-20;/h4-6,9-10,18,20-22,24,27H,3,7-8,11-17H2,1-2H3,(H,29,30);1H/t18-,20?,21?,22?,24?;/m0./s1. The molecule has 1 amide bonds. The van der Waals surface area contributed by atoms with Crippen molar-refractivity contribution >= 4 is 30.3 Å². The second-order valence-electron chi connectivity index (χ2n) is 9.45. The van der Waals surface area contributed by atoms with Crippen LogP contribution in [0, 0.1) is 11.8 Å². The molecule has 0 aliphatic heterocycles. The summed E-state index contributed by atoms with van der Waals surface area (Å²) in [5, 5.41) is 12.7. The highest BCUT2D eigenvalue weighted by molar-refractivity contribution is 5.86. The fraction of sp³-hybridized carbons (Fsp3) is 0.654. The Labute approximate surface area is 209 Å². The molecule has 190 valence electrons. The number of hydrogen-bond acceptors (Lipinski definition) is 5. The van der Waals surface area contributed by atoms with Gasteiger partial charge in [-0.2, -0.15) is 0 Å². The minimum Gasteiger partial charge on any atom is -0.480 e. The van der Waals surface area contributed by atoms with Crippen LogP contribution in [0.15, 0.2) is 30.3 Å². The number of ether oxygens (including phenoxy) is 1. The predicted octanol–water partition coefficient (Wildman–Crippen LogP) is 3.83. The number of aryl methyl sites for hydroxylation is 1. The fourth-order valence-electron chi connectivity index (χ4n) is 5.72. The molecule has 2 aliphatic rings. The zero-order chi connectivity index (χ0) is 23.8. The van der Waals surface area contributed by atoms with Gasteiger partial charge in [-0.3, -0.25) is 19.7 Å². The Hall–Kier alpha value is -2.12. The van der Waals surface area contributed by atoms with E-state index in [1.807, 2.05) is 30.3 Å². The minimum absolute atomic E-state index is 0. The molecule has 2 N–H and O–H groups in total. The second-order valence-corrected chi connectivity index (χ2v) is 9.45. The number of carbonyl (C=O) groups is 3. The number of carboxylic acids is 1. The van der Waals surface area contributed by atoms with Crippen molar-refractivity contribution in [2.75, 3.05) is 13.2 Å². The van der Waals surface area contributed by atoms with Crippen LogP contribution in [-0.2, 0) is 25.5 Å². The topological polar surface area (TPSA) is 95.9 Å². The molecular formula is C26H39ClN2O5. The molecule has 2 aliphatic carbocycles. The van der Waals surface area contributed by atoms with Crippen molar-refractivity contribution in [3.05, 3.63) is 35.9 Å². The Morgan fingerprint density at radius 2 is 1.68 bits per heavy atom. The fourth-order valence-corrected chi connectivity index (χ4v) is 5.72. The van der Waals surface area contributed by atoms with Crippen LogP contribution in [0.1, 0.15) is 64.4 Å². The molecule has 1 aromatic rings. The highest BCUT2D eigenvalue weighted by atomic mass is 35.5. The van der Waals surface area contributed by atoms with Crippen LogP contribution >= 0.6 is 12.4 Å². The zero-order valence-corrected chi connectivity index (χ0v) is 21.1. The van der Waals surface area contributed by atoms with E-state index in [0.29, 0.717) is 24.7 Å². The largest absolute Gasteiger partial charge is 0.480 e. The molecule has 7 nitrogen and oxygen atoms in total. The summed E-state index contributed by atoms with van der Waals surface area (Å²) >= 11 is 0. The maximum atomic E-state index is 13.5. The Kier molecular flexibility index (Phi) is 11.3. The maximum Gasteiger partial charge on any atom is 0.323 e. The molecule has 0 radical (unpaired) electrons. The third kappa shape index (κ3) is 7.44. The number of rotatable bonds is 11. The van der Waals surface area contributed by atoms with Gasteiger partial charge < -0.3 is 14.7 Å². The van der Waals surface area contributed by atoms with E-state index in [9.17, 15) is 19.5 Å². The average Bonchev–Trinajstić information content (AvgIpc) is 2.79. The first-order valence-electron chi connectivity index (χ1n) is 12.4. The molecular weight excluding hydrogens is 456 g/mol. The van der Waals surface area contributed by atoms with Gasteiger partial charge in [0.2, 0.25) is 5.91 Å². The molecule has 1 unspecified atom stereocenters. The van der Waals surface area contributed by atoms with Gasteiger partial charge >= 0.3 is 11.9 Å². The number of carbonyl (C=O) groups excluding carboxylic acids is 2. The summed E-state index contributed by atoms with van der Waals surface area (Å²) in [5.74, 6) is -0.883. The van der Waals surface area contributed by atoms with Crippen LogP contribution in [0.25, 0.3) is 0 Å². The lowest BCUT2D eigenvalue weighted by atomic mass is 9.67. The van der Waals surface area contributed by atoms with E-state index in [2.05, 4.69) is 5.32 Å². The predicted molar refractivity (Wildman–Crippen MR) is 133 cm³/mol. The molecule has 1 aromatic carbocycles. The number of esters is 1. The zero-order valence-electron chi connectivity index (χ0n) is 20.3. The maximum absolute atomic E-state index is 13.5. The first-order valence-corrected chi connectivity index (χ1v) is 12.4. The molecule has 0 spiro atoms. The molecule has 2 atom stereocenters. The molecule has 3 rings (SSSR count). The number of halogens is 1. The molecule has 2 bridgehead atoms. The highest BCUT2D eigenvalue weighted by Crippen LogP contribution is 2.42. The van der Waals surface area contributed by atoms with E-state index in [0.717, 1.165) is 44.1 Å². The van der Waals surface area contributed by atoms with E-state index < -0.39 is 18.1 Å². The molecule has 34 heavy (non-hydrogen) atoms. The molecule has 0 heterocycles. The highest BCUT2D eigenvalue weighted by Gasteiger charge is 2.43. The van der Waals surface area contributed by atoms with Gasteiger partial charge in [0, 0.05) is 6.04 Å². The van der Waals surface area contributed by atoms with Crippen LogP contribution in [0.2, 0.25) is 0 Å². The third-order valence-electron chi connectivity index (χ3n) is 7.17. The van der Waals surface area contributed by atoms with Gasteiger partial charge in [-0.05, 0) is 69.8 Å². The summed E-state index contributed by atoms with van der Waals surface area (Å²) in [6.45, 7) is 3.46. The second kappa shape index (κ2) is 13.7. The van der Waals surface area contributed by atoms with Crippen LogP contribution in [-0.4, -0.2) is 59.1 Å². The number of fused-ring (bicyclic) bond motifs is 2. The van der Waals surface area contributed by atoms with Crippen LogP contribution < -0.4 is 5.32 Å². The van der Waals surface area contributed by atoms with Crippen molar-refractivity contribution in [1.82, 2.24) is 10.2 Å². The van der Waals surface area contributed by atoms with Gasteiger partial charge in [0.25, 0.3) is 0 Å². The van der Waals surface area contributed by atoms with Gasteiger partial charge in [-0.25, -0.2) is 0 Å². The van der Waals surface area contributed by atoms with Crippen LogP contribution in [0.3, 0.4) is 0 Å². The number of nitrogens with zero attached hydrogens (tertiary/aromatic N) is 1. The van der Waals surface area contributed by atoms with Crippen molar-refractivity contribution in [2.24, 2.45) is 11.8 Å². The van der Waals surface area contributed by atoms with E-state index in [4.69, 9.17) is 4.74 Å². The lowest BCUT2D eigenvalue weighted by Gasteiger charge is -2.48. The van der Waals surface area contributed by atoms with Crippen molar-refractivity contribution in [1.29, 1.82) is 0 Å². The van der Waals surface area contributed by atoms with Crippen molar-refractivity contribution < 1.29 is 24.2 Å². The summed E-state index contributed by atoms with van der Waals surface area (Å²) < 4.78 is 5.25. The minimum atomic E-state index is -0.995. The Morgan fingerprint density at radius 1 is 1.09 bits per heavy atom. The third-order valence-corrected chi connectivity index (χ3v) is 7.17. The Morgan fingerprint density at radius 3 is 2.21 bits per heavy atom. The monoisotopic (exact) mass is 494 g/mol. The van der Waals surface area contributed by atoms with Crippen molar-refractivity contribution in [3.8, 4) is 0 Å². The first kappa shape index (κ1) is 28.1. The lowest BCUT2D eigenvalue weighted by molar-refractivity contribution is -0.152. The SMILES string of the molecule is CCOC(=O)C(CCc1ccccc1)N[C@@H](C)C(=O)N(CC(=O)O)C1C2CCCC1CCC2.Cl. The van der Waals surface area contributed by atoms with E-state index in [1.54, 1.807) is 18.7 Å². The first-order chi connectivity index (χ1) is 15.9. The van der Waals surface area contributed by atoms with E-state index in [1.165, 1.54) is 0 Å². The summed E-state index contributed by atoms with van der Waals surface area (Å²) in [4.78, 5) is 39.5. The number of carboxylic acid groups (broad SMARTS) is 1. The smallest absolute Gasteiger partial charge is 0.323 e. The number of hydrogen-bond donors (Lipinski definition) is 2. The van der Waals surface area contributed by atoms with E-state index >= 15 is 0 Å². The molecule has 2 fully saturated rings. The summed E-state index contributed by atoms with van der Waals surface area (Å²) in [7, 11) is 0. The summed E-state index contributed by atoms with van der Waals surface area (Å²) in [6, 6.07) is 8.53. The normalized spacial score (nSPS) is 23.2. The van der Waals surface area contributed by atoms with Gasteiger partial charge in [-0.15, -0.1) is 12.4 Å². The number of nitrogens with one attached hydrogen (secondary N) is 1. The van der Waals surface area contributed by atoms with E-state index in [-0.39, 0.29) is 43.5 Å². The number of benzene rings is 1. The van der Waals surface area contributed by atoms with Gasteiger partial charge in [0.15, 0.2) is 0 Å². The molecule has 0 aromatic heterocycles. The molecule has 2 saturated carbocycles. The Bertz CT molecular complexity index is 784. The van der Waals surface area contributed by atoms with Crippen LogP contribution in [0.4, 0.5) is 0 Å². The van der Waals surface area contributed by atoms with Gasteiger partial charge in [0.05, 0.1) is 12.6 Å². The summed E-state index contributed by atoms with van der Waals surface area (Å²) in [5.41, 5.74) is 1.11. The average molecular weight is 495 g/mol. The Balaban J connectivity index is 0.00000408. The van der Waals surface area contributed by atoms with Gasteiger partial charge in [0.1, 0.15) is 12.6 Å². The van der Waals surface area contributed by atoms with Crippen molar-refractivity contribution in [2.45, 2.75) is 83.3 Å². The summed E-state index contributed by atoms with van der Waals surface area (Å²) in [6.07, 6.45) is 7.67. The quantitative estimate of drug-likeness (QED) is 0.454. The number of aliphatic carboxylic acids is 1. The lowest BCUT2D eigenvalue weighted by Crippen LogP contribution is -2.59. The molecule has 0 saturated heterocycles. The van der Waals surface area contributed by atoms with Crippen molar-refractivity contribution in [3.63, 3.8) is 0 Å².